The maximum absolute atomic E-state index is 6.30. The van der Waals surface area contributed by atoms with E-state index >= 15 is 0 Å². The smallest absolute Gasteiger partial charge is 0.120 e. The first-order chi connectivity index (χ1) is 7.07. The molecule has 1 fully saturated rings. The summed E-state index contributed by atoms with van der Waals surface area (Å²) < 4.78 is 5.21. The first-order valence-electron chi connectivity index (χ1n) is 5.20. The van der Waals surface area contributed by atoms with E-state index in [1.165, 1.54) is 6.42 Å². The third kappa shape index (κ3) is 1.72. The van der Waals surface area contributed by atoms with Crippen molar-refractivity contribution in [2.24, 2.45) is 5.73 Å². The van der Waals surface area contributed by atoms with E-state index in [0.29, 0.717) is 0 Å². The number of ether oxygens (including phenoxy) is 1. The molecule has 3 heteroatoms. The topological polar surface area (TPSA) is 35.2 Å². The van der Waals surface area contributed by atoms with E-state index in [0.717, 1.165) is 34.7 Å². The molecular formula is C12H16ClNO. The number of rotatable bonds is 2. The van der Waals surface area contributed by atoms with Crippen LogP contribution in [0.15, 0.2) is 12.1 Å². The lowest BCUT2D eigenvalue weighted by molar-refractivity contribution is 0.251. The average molecular weight is 226 g/mol. The van der Waals surface area contributed by atoms with Crippen LogP contribution in [0.3, 0.4) is 0 Å². The molecule has 0 unspecified atom stereocenters. The van der Waals surface area contributed by atoms with Crippen LogP contribution in [-0.2, 0) is 5.54 Å². The molecule has 0 bridgehead atoms. The lowest BCUT2D eigenvalue weighted by atomic mass is 9.71. The molecule has 0 amide bonds. The fourth-order valence-corrected chi connectivity index (χ4v) is 2.33. The zero-order chi connectivity index (χ0) is 11.1. The van der Waals surface area contributed by atoms with Crippen molar-refractivity contribution < 1.29 is 4.74 Å². The van der Waals surface area contributed by atoms with E-state index in [4.69, 9.17) is 22.1 Å². The molecule has 82 valence electrons. The molecule has 0 aliphatic heterocycles. The molecular weight excluding hydrogens is 210 g/mol. The third-order valence-electron chi connectivity index (χ3n) is 3.34. The summed E-state index contributed by atoms with van der Waals surface area (Å²) in [5, 5.41) is 0.737. The van der Waals surface area contributed by atoms with Crippen LogP contribution in [0.25, 0.3) is 0 Å². The van der Waals surface area contributed by atoms with Gasteiger partial charge in [-0.1, -0.05) is 11.6 Å². The van der Waals surface area contributed by atoms with Gasteiger partial charge in [0.15, 0.2) is 0 Å². The molecule has 1 aliphatic rings. The Balaban J connectivity index is 2.49. The zero-order valence-corrected chi connectivity index (χ0v) is 9.90. The second-order valence-electron chi connectivity index (χ2n) is 4.29. The minimum absolute atomic E-state index is 0.178. The summed E-state index contributed by atoms with van der Waals surface area (Å²) in [6.45, 7) is 2.02. The van der Waals surface area contributed by atoms with E-state index in [2.05, 4.69) is 0 Å². The summed E-state index contributed by atoms with van der Waals surface area (Å²) in [6.07, 6.45) is 3.28. The molecule has 1 aromatic carbocycles. The lowest BCUT2D eigenvalue weighted by Gasteiger charge is -2.40. The Morgan fingerprint density at radius 2 is 2.07 bits per heavy atom. The average Bonchev–Trinajstić information content (AvgIpc) is 2.18. The third-order valence-corrected chi connectivity index (χ3v) is 3.73. The standard InChI is InChI=1S/C12H16ClNO/c1-8-10(12(14)4-3-5-12)6-9(15-2)7-11(8)13/h6-7H,3-5,14H2,1-2H3. The summed E-state index contributed by atoms with van der Waals surface area (Å²) in [7, 11) is 1.65. The van der Waals surface area contributed by atoms with Crippen molar-refractivity contribution >= 4 is 11.6 Å². The van der Waals surface area contributed by atoms with Crippen LogP contribution in [0.1, 0.15) is 30.4 Å². The Hall–Kier alpha value is -0.730. The highest BCUT2D eigenvalue weighted by Gasteiger charge is 2.36. The van der Waals surface area contributed by atoms with Crippen molar-refractivity contribution in [2.75, 3.05) is 7.11 Å². The molecule has 0 heterocycles. The lowest BCUT2D eigenvalue weighted by Crippen LogP contribution is -2.43. The van der Waals surface area contributed by atoms with Crippen LogP contribution < -0.4 is 10.5 Å². The zero-order valence-electron chi connectivity index (χ0n) is 9.14. The summed E-state index contributed by atoms with van der Waals surface area (Å²) in [5.74, 6) is 0.789. The van der Waals surface area contributed by atoms with E-state index in [-0.39, 0.29) is 5.54 Å². The quantitative estimate of drug-likeness (QED) is 0.840. The highest BCUT2D eigenvalue weighted by Crippen LogP contribution is 2.42. The first-order valence-corrected chi connectivity index (χ1v) is 5.58. The number of hydrogen-bond acceptors (Lipinski definition) is 2. The van der Waals surface area contributed by atoms with Crippen molar-refractivity contribution in [2.45, 2.75) is 31.7 Å². The van der Waals surface area contributed by atoms with Crippen LogP contribution in [0.4, 0.5) is 0 Å². The minimum Gasteiger partial charge on any atom is -0.497 e. The highest BCUT2D eigenvalue weighted by molar-refractivity contribution is 6.31. The van der Waals surface area contributed by atoms with Crippen molar-refractivity contribution in [1.82, 2.24) is 0 Å². The van der Waals surface area contributed by atoms with Crippen LogP contribution in [0.5, 0.6) is 5.75 Å². The van der Waals surface area contributed by atoms with Gasteiger partial charge >= 0.3 is 0 Å². The van der Waals surface area contributed by atoms with Crippen LogP contribution in [0.2, 0.25) is 5.02 Å². The van der Waals surface area contributed by atoms with E-state index in [1.54, 1.807) is 7.11 Å². The Bertz CT molecular complexity index is 385. The molecule has 1 aromatic rings. The summed E-state index contributed by atoms with van der Waals surface area (Å²) in [6, 6.07) is 3.85. The highest BCUT2D eigenvalue weighted by atomic mass is 35.5. The Morgan fingerprint density at radius 3 is 2.53 bits per heavy atom. The van der Waals surface area contributed by atoms with Gasteiger partial charge < -0.3 is 10.5 Å². The predicted molar refractivity (Wildman–Crippen MR) is 62.5 cm³/mol. The first kappa shape index (κ1) is 10.8. The van der Waals surface area contributed by atoms with Crippen molar-refractivity contribution in [3.8, 4) is 5.75 Å². The maximum atomic E-state index is 6.30. The second kappa shape index (κ2) is 3.69. The molecule has 1 saturated carbocycles. The van der Waals surface area contributed by atoms with Crippen molar-refractivity contribution in [1.29, 1.82) is 0 Å². The van der Waals surface area contributed by atoms with E-state index < -0.39 is 0 Å². The molecule has 0 atom stereocenters. The summed E-state index contributed by atoms with van der Waals surface area (Å²) in [5.41, 5.74) is 8.35. The van der Waals surface area contributed by atoms with Gasteiger partial charge in [-0.3, -0.25) is 0 Å². The van der Waals surface area contributed by atoms with Gasteiger partial charge in [-0.25, -0.2) is 0 Å². The number of benzene rings is 1. The molecule has 0 radical (unpaired) electrons. The van der Waals surface area contributed by atoms with Gasteiger partial charge in [0.2, 0.25) is 0 Å². The van der Waals surface area contributed by atoms with E-state index in [1.807, 2.05) is 19.1 Å². The van der Waals surface area contributed by atoms with Gasteiger partial charge in [0.1, 0.15) is 5.75 Å². The Morgan fingerprint density at radius 1 is 1.40 bits per heavy atom. The van der Waals surface area contributed by atoms with Gasteiger partial charge in [0.25, 0.3) is 0 Å². The van der Waals surface area contributed by atoms with Crippen LogP contribution in [0, 0.1) is 6.92 Å². The van der Waals surface area contributed by atoms with E-state index in [9.17, 15) is 0 Å². The molecule has 0 spiro atoms. The number of nitrogens with two attached hydrogens (primary N) is 1. The van der Waals surface area contributed by atoms with Crippen molar-refractivity contribution in [3.05, 3.63) is 28.3 Å². The maximum Gasteiger partial charge on any atom is 0.120 e. The SMILES string of the molecule is COc1cc(Cl)c(C)c(C2(N)CCC2)c1. The molecule has 15 heavy (non-hydrogen) atoms. The fraction of sp³-hybridized carbons (Fsp3) is 0.500. The molecule has 0 aromatic heterocycles. The summed E-state index contributed by atoms with van der Waals surface area (Å²) in [4.78, 5) is 0. The number of halogens is 1. The van der Waals surface area contributed by atoms with Gasteiger partial charge in [-0.05, 0) is 49.4 Å². The van der Waals surface area contributed by atoms with Gasteiger partial charge in [0.05, 0.1) is 7.11 Å². The fourth-order valence-electron chi connectivity index (χ4n) is 2.12. The minimum atomic E-state index is -0.178. The molecule has 1 aliphatic carbocycles. The van der Waals surface area contributed by atoms with Gasteiger partial charge in [-0.2, -0.15) is 0 Å². The number of hydrogen-bond donors (Lipinski definition) is 1. The normalized spacial score (nSPS) is 18.4. The monoisotopic (exact) mass is 225 g/mol. The van der Waals surface area contributed by atoms with Gasteiger partial charge in [-0.15, -0.1) is 0 Å². The van der Waals surface area contributed by atoms with Crippen LogP contribution >= 0.6 is 11.6 Å². The molecule has 0 saturated heterocycles. The van der Waals surface area contributed by atoms with Crippen molar-refractivity contribution in [3.63, 3.8) is 0 Å². The second-order valence-corrected chi connectivity index (χ2v) is 4.70. The molecule has 2 rings (SSSR count). The predicted octanol–water partition coefficient (Wildman–Crippen LogP) is 2.99. The van der Waals surface area contributed by atoms with Crippen LogP contribution in [-0.4, -0.2) is 7.11 Å². The molecule has 2 N–H and O–H groups in total. The number of methoxy groups -OCH3 is 1. The summed E-state index contributed by atoms with van der Waals surface area (Å²) >= 11 is 6.15. The largest absolute Gasteiger partial charge is 0.497 e. The van der Waals surface area contributed by atoms with Gasteiger partial charge in [0, 0.05) is 10.6 Å². The Kier molecular flexibility index (Phi) is 2.65. The Labute approximate surface area is 95.4 Å². The molecule has 2 nitrogen and oxygen atoms in total.